The van der Waals surface area contributed by atoms with Crippen molar-refractivity contribution in [3.8, 4) is 0 Å². The number of carboxylic acid groups (broad SMARTS) is 1. The van der Waals surface area contributed by atoms with Gasteiger partial charge in [-0.05, 0) is 11.6 Å². The second kappa shape index (κ2) is 5.03. The van der Waals surface area contributed by atoms with Crippen LogP contribution in [0.1, 0.15) is 11.4 Å². The maximum atomic E-state index is 10.8. The van der Waals surface area contributed by atoms with Crippen molar-refractivity contribution >= 4 is 11.5 Å². The topological polar surface area (TPSA) is 63.1 Å². The van der Waals surface area contributed by atoms with E-state index in [1.807, 2.05) is 30.3 Å². The molecule has 0 bridgehead atoms. The normalized spacial score (nSPS) is 11.2. The van der Waals surface area contributed by atoms with E-state index in [4.69, 9.17) is 5.11 Å². The SMILES string of the molecule is O=C(O)C=C(c1ccccc1)c1ncccn1. The van der Waals surface area contributed by atoms with Crippen LogP contribution in [0.15, 0.2) is 54.9 Å². The highest BCUT2D eigenvalue weighted by molar-refractivity contribution is 5.93. The Balaban J connectivity index is 2.51. The molecule has 84 valence electrons. The molecule has 4 heteroatoms. The first kappa shape index (κ1) is 11.0. The van der Waals surface area contributed by atoms with Crippen LogP contribution >= 0.6 is 0 Å². The van der Waals surface area contributed by atoms with E-state index in [0.29, 0.717) is 11.4 Å². The Morgan fingerprint density at radius 2 is 1.71 bits per heavy atom. The van der Waals surface area contributed by atoms with Crippen LogP contribution in [0, 0.1) is 0 Å². The van der Waals surface area contributed by atoms with Gasteiger partial charge < -0.3 is 5.11 Å². The van der Waals surface area contributed by atoms with Crippen LogP contribution in [-0.2, 0) is 4.79 Å². The van der Waals surface area contributed by atoms with Crippen LogP contribution in [0.2, 0.25) is 0 Å². The van der Waals surface area contributed by atoms with Gasteiger partial charge in [-0.2, -0.15) is 0 Å². The van der Waals surface area contributed by atoms with Crippen LogP contribution in [0.25, 0.3) is 5.57 Å². The van der Waals surface area contributed by atoms with Gasteiger partial charge in [0.15, 0.2) is 5.82 Å². The molecule has 0 spiro atoms. The number of aliphatic carboxylic acids is 1. The molecule has 0 atom stereocenters. The molecule has 1 N–H and O–H groups in total. The van der Waals surface area contributed by atoms with Crippen LogP contribution in [0.4, 0.5) is 0 Å². The Kier molecular flexibility index (Phi) is 3.25. The Hall–Kier alpha value is -2.49. The standard InChI is InChI=1S/C13H10N2O2/c16-12(17)9-11(10-5-2-1-3-6-10)13-14-7-4-8-15-13/h1-9H,(H,16,17). The first-order valence-electron chi connectivity index (χ1n) is 5.05. The molecule has 0 saturated carbocycles. The van der Waals surface area contributed by atoms with Crippen molar-refractivity contribution in [2.45, 2.75) is 0 Å². The maximum absolute atomic E-state index is 10.8. The van der Waals surface area contributed by atoms with Gasteiger partial charge in [0.25, 0.3) is 0 Å². The third kappa shape index (κ3) is 2.75. The summed E-state index contributed by atoms with van der Waals surface area (Å²) in [5, 5.41) is 8.87. The summed E-state index contributed by atoms with van der Waals surface area (Å²) < 4.78 is 0. The predicted octanol–water partition coefficient (Wildman–Crippen LogP) is 1.99. The molecule has 17 heavy (non-hydrogen) atoms. The highest BCUT2D eigenvalue weighted by Gasteiger charge is 2.08. The zero-order valence-corrected chi connectivity index (χ0v) is 8.95. The lowest BCUT2D eigenvalue weighted by Gasteiger charge is -2.04. The summed E-state index contributed by atoms with van der Waals surface area (Å²) in [6.45, 7) is 0. The van der Waals surface area contributed by atoms with E-state index in [1.54, 1.807) is 18.5 Å². The molecule has 0 aliphatic carbocycles. The predicted molar refractivity (Wildman–Crippen MR) is 63.2 cm³/mol. The summed E-state index contributed by atoms with van der Waals surface area (Å²) >= 11 is 0. The number of nitrogens with zero attached hydrogens (tertiary/aromatic N) is 2. The van der Waals surface area contributed by atoms with E-state index in [0.717, 1.165) is 11.6 Å². The van der Waals surface area contributed by atoms with Crippen LogP contribution in [-0.4, -0.2) is 21.0 Å². The lowest BCUT2D eigenvalue weighted by atomic mass is 10.1. The van der Waals surface area contributed by atoms with Gasteiger partial charge in [-0.3, -0.25) is 0 Å². The van der Waals surface area contributed by atoms with Crippen molar-refractivity contribution in [2.24, 2.45) is 0 Å². The first-order valence-corrected chi connectivity index (χ1v) is 5.05. The third-order valence-electron chi connectivity index (χ3n) is 2.16. The molecule has 0 aliphatic rings. The average molecular weight is 226 g/mol. The molecule has 1 heterocycles. The van der Waals surface area contributed by atoms with Gasteiger partial charge in [0.1, 0.15) is 0 Å². The summed E-state index contributed by atoms with van der Waals surface area (Å²) in [5.74, 6) is -0.614. The Morgan fingerprint density at radius 3 is 2.29 bits per heavy atom. The van der Waals surface area contributed by atoms with Crippen molar-refractivity contribution in [1.29, 1.82) is 0 Å². The zero-order valence-electron chi connectivity index (χ0n) is 8.95. The Morgan fingerprint density at radius 1 is 1.06 bits per heavy atom. The van der Waals surface area contributed by atoms with Gasteiger partial charge in [-0.1, -0.05) is 30.3 Å². The molecular formula is C13H10N2O2. The Bertz CT molecular complexity index is 494. The second-order valence-corrected chi connectivity index (χ2v) is 3.33. The number of carbonyl (C=O) groups is 1. The van der Waals surface area contributed by atoms with E-state index in [2.05, 4.69) is 9.97 Å². The monoisotopic (exact) mass is 226 g/mol. The molecule has 0 fully saturated rings. The minimum Gasteiger partial charge on any atom is -0.478 e. The number of aromatic nitrogens is 2. The third-order valence-corrected chi connectivity index (χ3v) is 2.16. The van der Waals surface area contributed by atoms with Gasteiger partial charge >= 0.3 is 5.97 Å². The fourth-order valence-electron chi connectivity index (χ4n) is 1.46. The number of benzene rings is 1. The number of hydrogen-bond donors (Lipinski definition) is 1. The van der Waals surface area contributed by atoms with Gasteiger partial charge in [-0.15, -0.1) is 0 Å². The molecule has 4 nitrogen and oxygen atoms in total. The smallest absolute Gasteiger partial charge is 0.329 e. The molecule has 0 radical (unpaired) electrons. The fraction of sp³-hybridized carbons (Fsp3) is 0. The number of rotatable bonds is 3. The van der Waals surface area contributed by atoms with Crippen molar-refractivity contribution < 1.29 is 9.90 Å². The molecule has 0 saturated heterocycles. The van der Waals surface area contributed by atoms with Gasteiger partial charge in [0, 0.05) is 24.0 Å². The molecule has 1 aromatic heterocycles. The van der Waals surface area contributed by atoms with Crippen LogP contribution in [0.5, 0.6) is 0 Å². The van der Waals surface area contributed by atoms with Crippen LogP contribution in [0.3, 0.4) is 0 Å². The van der Waals surface area contributed by atoms with Gasteiger partial charge in [0.2, 0.25) is 0 Å². The van der Waals surface area contributed by atoms with E-state index in [-0.39, 0.29) is 0 Å². The van der Waals surface area contributed by atoms with E-state index in [1.165, 1.54) is 0 Å². The summed E-state index contributed by atoms with van der Waals surface area (Å²) in [4.78, 5) is 19.0. The largest absolute Gasteiger partial charge is 0.478 e. The Labute approximate surface area is 98.3 Å². The molecule has 0 unspecified atom stereocenters. The van der Waals surface area contributed by atoms with Gasteiger partial charge in [0.05, 0.1) is 0 Å². The molecule has 0 amide bonds. The molecule has 0 aliphatic heterocycles. The van der Waals surface area contributed by atoms with E-state index in [9.17, 15) is 4.79 Å². The highest BCUT2D eigenvalue weighted by Crippen LogP contribution is 2.19. The summed E-state index contributed by atoms with van der Waals surface area (Å²) in [6, 6.07) is 10.9. The van der Waals surface area contributed by atoms with Gasteiger partial charge in [-0.25, -0.2) is 14.8 Å². The lowest BCUT2D eigenvalue weighted by molar-refractivity contribution is -0.131. The molecule has 2 aromatic rings. The fourth-order valence-corrected chi connectivity index (χ4v) is 1.46. The first-order chi connectivity index (χ1) is 8.27. The average Bonchev–Trinajstić information content (AvgIpc) is 2.38. The highest BCUT2D eigenvalue weighted by atomic mass is 16.4. The van der Waals surface area contributed by atoms with E-state index < -0.39 is 5.97 Å². The van der Waals surface area contributed by atoms with Crippen LogP contribution < -0.4 is 0 Å². The summed E-state index contributed by atoms with van der Waals surface area (Å²) in [6.07, 6.45) is 4.28. The van der Waals surface area contributed by atoms with Crippen molar-refractivity contribution in [1.82, 2.24) is 9.97 Å². The van der Waals surface area contributed by atoms with Crippen molar-refractivity contribution in [3.05, 3.63) is 66.3 Å². The van der Waals surface area contributed by atoms with Crippen molar-refractivity contribution in [3.63, 3.8) is 0 Å². The minimum absolute atomic E-state index is 0.404. The summed E-state index contributed by atoms with van der Waals surface area (Å²) in [7, 11) is 0. The zero-order chi connectivity index (χ0) is 12.1. The minimum atomic E-state index is -1.02. The quantitative estimate of drug-likeness (QED) is 0.813. The van der Waals surface area contributed by atoms with Crippen molar-refractivity contribution in [2.75, 3.05) is 0 Å². The molecular weight excluding hydrogens is 216 g/mol. The molecule has 2 rings (SSSR count). The maximum Gasteiger partial charge on any atom is 0.329 e. The summed E-state index contributed by atoms with van der Waals surface area (Å²) in [5.41, 5.74) is 1.28. The number of hydrogen-bond acceptors (Lipinski definition) is 3. The second-order valence-electron chi connectivity index (χ2n) is 3.33. The van der Waals surface area contributed by atoms with E-state index >= 15 is 0 Å². The molecule has 1 aromatic carbocycles. The lowest BCUT2D eigenvalue weighted by Crippen LogP contribution is -1.98. The number of carboxylic acids is 1.